The lowest BCUT2D eigenvalue weighted by Crippen LogP contribution is -2.26. The van der Waals surface area contributed by atoms with E-state index in [1.165, 1.54) is 26.3 Å². The van der Waals surface area contributed by atoms with E-state index in [-0.39, 0.29) is 22.1 Å². The zero-order valence-corrected chi connectivity index (χ0v) is 16.8. The van der Waals surface area contributed by atoms with Gasteiger partial charge in [-0.15, -0.1) is 0 Å². The van der Waals surface area contributed by atoms with E-state index in [1.54, 1.807) is 18.2 Å². The van der Waals surface area contributed by atoms with Gasteiger partial charge in [0, 0.05) is 22.7 Å². The fourth-order valence-corrected chi connectivity index (χ4v) is 3.65. The third kappa shape index (κ3) is 4.49. The van der Waals surface area contributed by atoms with Crippen molar-refractivity contribution in [1.82, 2.24) is 4.47 Å². The first kappa shape index (κ1) is 21.0. The topological polar surface area (TPSA) is 72.9 Å². The van der Waals surface area contributed by atoms with Crippen molar-refractivity contribution in [1.29, 1.82) is 0 Å². The van der Waals surface area contributed by atoms with E-state index in [0.717, 1.165) is 6.07 Å². The van der Waals surface area contributed by atoms with E-state index in [1.807, 2.05) is 0 Å². The van der Waals surface area contributed by atoms with Gasteiger partial charge in [0.25, 0.3) is 10.0 Å². The van der Waals surface area contributed by atoms with Crippen LogP contribution in [0.25, 0.3) is 0 Å². The molecule has 10 heteroatoms. The summed E-state index contributed by atoms with van der Waals surface area (Å²) < 4.78 is 30.4. The van der Waals surface area contributed by atoms with Gasteiger partial charge in [0.15, 0.2) is 0 Å². The number of nitrogens with zero attached hydrogens (tertiary/aromatic N) is 1. The van der Waals surface area contributed by atoms with Crippen LogP contribution in [0.3, 0.4) is 0 Å². The van der Waals surface area contributed by atoms with E-state index < -0.39 is 16.0 Å². The molecular weight excluding hydrogens is 425 g/mol. The molecule has 0 unspecified atom stereocenters. The minimum atomic E-state index is -3.94. The number of hydroxylamine groups is 1. The Bertz CT molecular complexity index is 913. The number of hydrogen-bond acceptors (Lipinski definition) is 5. The highest BCUT2D eigenvalue weighted by atomic mass is 35.5. The highest BCUT2D eigenvalue weighted by molar-refractivity contribution is 7.89. The molecule has 0 heterocycles. The summed E-state index contributed by atoms with van der Waals surface area (Å²) in [5.41, 5.74) is 0.323. The lowest BCUT2D eigenvalue weighted by atomic mass is 10.2. The largest absolute Gasteiger partial charge is 0.457 e. The Kier molecular flexibility index (Phi) is 6.90. The van der Waals surface area contributed by atoms with Crippen molar-refractivity contribution in [3.63, 3.8) is 0 Å². The minimum Gasteiger partial charge on any atom is -0.457 e. The molecule has 0 fully saturated rings. The monoisotopic (exact) mass is 437 g/mol. The summed E-state index contributed by atoms with van der Waals surface area (Å²) in [7, 11) is -1.51. The third-order valence-electron chi connectivity index (χ3n) is 3.46. The maximum absolute atomic E-state index is 12.3. The van der Waals surface area contributed by atoms with E-state index in [9.17, 15) is 13.2 Å². The molecule has 0 saturated carbocycles. The van der Waals surface area contributed by atoms with E-state index >= 15 is 0 Å². The molecule has 0 N–H and O–H groups in total. The molecule has 2 aromatic carbocycles. The summed E-state index contributed by atoms with van der Waals surface area (Å²) in [6.07, 6.45) is 0. The van der Waals surface area contributed by atoms with Gasteiger partial charge in [0.05, 0.1) is 22.6 Å². The molecule has 0 radical (unpaired) electrons. The van der Waals surface area contributed by atoms with E-state index in [0.29, 0.717) is 20.1 Å². The van der Waals surface area contributed by atoms with Gasteiger partial charge < -0.3 is 4.74 Å². The molecule has 140 valence electrons. The Morgan fingerprint density at radius 1 is 1.08 bits per heavy atom. The van der Waals surface area contributed by atoms with Crippen LogP contribution < -0.4 is 0 Å². The van der Waals surface area contributed by atoms with Crippen molar-refractivity contribution in [3.05, 3.63) is 62.6 Å². The lowest BCUT2D eigenvalue weighted by Gasteiger charge is -2.15. The van der Waals surface area contributed by atoms with Crippen LogP contribution in [-0.4, -0.2) is 33.0 Å². The fourth-order valence-electron chi connectivity index (χ4n) is 1.95. The standard InChI is InChI=1S/C16H14Cl3NO5S/c1-20(24-2)26(22,23)10-6-7-15(19)11(8-10)16(21)25-9-12-13(17)4-3-5-14(12)18/h3-8H,9H2,1-2H3. The van der Waals surface area contributed by atoms with Gasteiger partial charge >= 0.3 is 5.97 Å². The van der Waals surface area contributed by atoms with Gasteiger partial charge in [-0.1, -0.05) is 45.3 Å². The average Bonchev–Trinajstić information content (AvgIpc) is 2.60. The second kappa shape index (κ2) is 8.56. The predicted molar refractivity (Wildman–Crippen MR) is 99.0 cm³/mol. The fraction of sp³-hybridized carbons (Fsp3) is 0.188. The van der Waals surface area contributed by atoms with Crippen molar-refractivity contribution in [2.45, 2.75) is 11.5 Å². The van der Waals surface area contributed by atoms with E-state index in [2.05, 4.69) is 0 Å². The Balaban J connectivity index is 2.28. The van der Waals surface area contributed by atoms with Crippen LogP contribution in [0.4, 0.5) is 0 Å². The molecule has 0 aromatic heterocycles. The van der Waals surface area contributed by atoms with Gasteiger partial charge in [0.2, 0.25) is 0 Å². The van der Waals surface area contributed by atoms with Crippen molar-refractivity contribution in [2.24, 2.45) is 0 Å². The highest BCUT2D eigenvalue weighted by Gasteiger charge is 2.24. The lowest BCUT2D eigenvalue weighted by molar-refractivity contribution is -0.0258. The Morgan fingerprint density at radius 2 is 1.69 bits per heavy atom. The summed E-state index contributed by atoms with van der Waals surface area (Å²) in [6.45, 7) is -0.192. The number of rotatable bonds is 6. The summed E-state index contributed by atoms with van der Waals surface area (Å²) in [4.78, 5) is 16.9. The molecule has 2 rings (SSSR count). The maximum atomic E-state index is 12.3. The van der Waals surface area contributed by atoms with Crippen molar-refractivity contribution >= 4 is 50.8 Å². The molecule has 0 atom stereocenters. The van der Waals surface area contributed by atoms with Crippen LogP contribution in [0.5, 0.6) is 0 Å². The van der Waals surface area contributed by atoms with E-state index in [4.69, 9.17) is 44.4 Å². The number of benzene rings is 2. The summed E-state index contributed by atoms with van der Waals surface area (Å²) in [5, 5.41) is 0.725. The number of halogens is 3. The van der Waals surface area contributed by atoms with Crippen molar-refractivity contribution < 1.29 is 22.8 Å². The summed E-state index contributed by atoms with van der Waals surface area (Å²) in [6, 6.07) is 8.54. The first-order valence-electron chi connectivity index (χ1n) is 7.11. The molecule has 0 saturated heterocycles. The van der Waals surface area contributed by atoms with Crippen LogP contribution in [0.15, 0.2) is 41.3 Å². The first-order chi connectivity index (χ1) is 12.2. The highest BCUT2D eigenvalue weighted by Crippen LogP contribution is 2.27. The molecule has 6 nitrogen and oxygen atoms in total. The molecule has 2 aromatic rings. The number of ether oxygens (including phenoxy) is 1. The second-order valence-electron chi connectivity index (χ2n) is 5.02. The molecule has 0 spiro atoms. The van der Waals surface area contributed by atoms with Gasteiger partial charge in [-0.2, -0.15) is 0 Å². The van der Waals surface area contributed by atoms with Crippen LogP contribution in [0.2, 0.25) is 15.1 Å². The molecule has 26 heavy (non-hydrogen) atoms. The summed E-state index contributed by atoms with van der Waals surface area (Å²) in [5.74, 6) is -0.817. The zero-order chi connectivity index (χ0) is 19.5. The second-order valence-corrected chi connectivity index (χ2v) is 8.17. The van der Waals surface area contributed by atoms with Gasteiger partial charge in [0.1, 0.15) is 6.61 Å². The number of hydrogen-bond donors (Lipinski definition) is 0. The normalized spacial score (nSPS) is 11.6. The van der Waals surface area contributed by atoms with Crippen LogP contribution in [0, 0.1) is 0 Å². The van der Waals surface area contributed by atoms with Crippen molar-refractivity contribution in [3.8, 4) is 0 Å². The number of carbonyl (C=O) groups excluding carboxylic acids is 1. The number of esters is 1. The maximum Gasteiger partial charge on any atom is 0.340 e. The van der Waals surface area contributed by atoms with Crippen LogP contribution >= 0.6 is 34.8 Å². The number of sulfonamides is 1. The molecule has 0 bridgehead atoms. The quantitative estimate of drug-likeness (QED) is 0.499. The molecule has 0 amide bonds. The minimum absolute atomic E-state index is 0.0410. The average molecular weight is 439 g/mol. The van der Waals surface area contributed by atoms with Gasteiger partial charge in [-0.05, 0) is 30.3 Å². The predicted octanol–water partition coefficient (Wildman–Crippen LogP) is 4.19. The Labute approximate surface area is 166 Å². The Hall–Kier alpha value is -1.35. The molecular formula is C16H14Cl3NO5S. The molecule has 0 aliphatic carbocycles. The van der Waals surface area contributed by atoms with Gasteiger partial charge in [-0.3, -0.25) is 4.84 Å². The molecule has 0 aliphatic rings. The van der Waals surface area contributed by atoms with Gasteiger partial charge in [-0.25, -0.2) is 13.2 Å². The Morgan fingerprint density at radius 3 is 2.27 bits per heavy atom. The summed E-state index contributed by atoms with van der Waals surface area (Å²) >= 11 is 18.1. The zero-order valence-electron chi connectivity index (χ0n) is 13.7. The van der Waals surface area contributed by atoms with Crippen LogP contribution in [0.1, 0.15) is 15.9 Å². The third-order valence-corrected chi connectivity index (χ3v) is 6.17. The van der Waals surface area contributed by atoms with Crippen LogP contribution in [-0.2, 0) is 26.2 Å². The first-order valence-corrected chi connectivity index (χ1v) is 9.68. The molecule has 0 aliphatic heterocycles. The van der Waals surface area contributed by atoms with Crippen molar-refractivity contribution in [2.75, 3.05) is 14.2 Å². The SMILES string of the molecule is CON(C)S(=O)(=O)c1ccc(Cl)c(C(=O)OCc2c(Cl)cccc2Cl)c1. The smallest absolute Gasteiger partial charge is 0.340 e. The number of carbonyl (C=O) groups is 1.